The van der Waals surface area contributed by atoms with Crippen molar-refractivity contribution in [2.45, 2.75) is 13.3 Å². The molecule has 0 saturated heterocycles. The smallest absolute Gasteiger partial charge is 0.307 e. The number of carboxylic acids is 1. The fraction of sp³-hybridized carbons (Fsp3) is 0.182. The lowest BCUT2D eigenvalue weighted by Gasteiger charge is -1.99. The molecular formula is C11H11BrO2. The van der Waals surface area contributed by atoms with Crippen molar-refractivity contribution < 1.29 is 9.90 Å². The topological polar surface area (TPSA) is 37.3 Å². The first-order chi connectivity index (χ1) is 6.59. The van der Waals surface area contributed by atoms with Gasteiger partial charge in [0, 0.05) is 4.47 Å². The Kier molecular flexibility index (Phi) is 3.89. The quantitative estimate of drug-likeness (QED) is 0.900. The zero-order chi connectivity index (χ0) is 10.6. The van der Waals surface area contributed by atoms with Crippen LogP contribution in [-0.4, -0.2) is 11.1 Å². The van der Waals surface area contributed by atoms with Gasteiger partial charge in [-0.25, -0.2) is 0 Å². The largest absolute Gasteiger partial charge is 0.481 e. The molecule has 0 aromatic heterocycles. The molecule has 0 spiro atoms. The van der Waals surface area contributed by atoms with Crippen LogP contribution in [0.1, 0.15) is 17.5 Å². The highest BCUT2D eigenvalue weighted by Crippen LogP contribution is 2.16. The molecule has 14 heavy (non-hydrogen) atoms. The average molecular weight is 255 g/mol. The summed E-state index contributed by atoms with van der Waals surface area (Å²) in [5, 5.41) is 8.45. The summed E-state index contributed by atoms with van der Waals surface area (Å²) in [4.78, 5) is 10.3. The Morgan fingerprint density at radius 3 is 2.86 bits per heavy atom. The molecule has 0 bridgehead atoms. The van der Waals surface area contributed by atoms with Gasteiger partial charge in [0.05, 0.1) is 6.42 Å². The first kappa shape index (κ1) is 11.0. The molecule has 0 amide bonds. The Balaban J connectivity index is 2.76. The van der Waals surface area contributed by atoms with Gasteiger partial charge in [-0.05, 0) is 30.2 Å². The fourth-order valence-corrected chi connectivity index (χ4v) is 1.59. The molecule has 0 fully saturated rings. The van der Waals surface area contributed by atoms with E-state index >= 15 is 0 Å². The molecule has 1 aromatic rings. The summed E-state index contributed by atoms with van der Waals surface area (Å²) >= 11 is 3.37. The van der Waals surface area contributed by atoms with Crippen molar-refractivity contribution in [3.63, 3.8) is 0 Å². The monoisotopic (exact) mass is 254 g/mol. The molecule has 74 valence electrons. The molecule has 0 saturated carbocycles. The van der Waals surface area contributed by atoms with Crippen LogP contribution in [0.4, 0.5) is 0 Å². The van der Waals surface area contributed by atoms with Crippen LogP contribution in [-0.2, 0) is 4.79 Å². The van der Waals surface area contributed by atoms with Crippen molar-refractivity contribution in [2.24, 2.45) is 0 Å². The van der Waals surface area contributed by atoms with Crippen LogP contribution in [0, 0.1) is 6.92 Å². The molecule has 0 aliphatic rings. The Morgan fingerprint density at radius 1 is 1.57 bits per heavy atom. The third-order valence-electron chi connectivity index (χ3n) is 1.82. The van der Waals surface area contributed by atoms with E-state index in [0.717, 1.165) is 15.6 Å². The van der Waals surface area contributed by atoms with E-state index in [1.165, 1.54) is 0 Å². The minimum atomic E-state index is -0.809. The van der Waals surface area contributed by atoms with Gasteiger partial charge in [0.1, 0.15) is 0 Å². The molecule has 1 rings (SSSR count). The number of benzene rings is 1. The van der Waals surface area contributed by atoms with Gasteiger partial charge in [0.25, 0.3) is 0 Å². The van der Waals surface area contributed by atoms with Crippen molar-refractivity contribution in [2.75, 3.05) is 0 Å². The Bertz CT molecular complexity index is 370. The first-order valence-electron chi connectivity index (χ1n) is 4.24. The maximum atomic E-state index is 10.3. The van der Waals surface area contributed by atoms with Crippen molar-refractivity contribution in [3.8, 4) is 0 Å². The van der Waals surface area contributed by atoms with Gasteiger partial charge in [-0.2, -0.15) is 0 Å². The number of halogens is 1. The Labute approximate surface area is 91.4 Å². The van der Waals surface area contributed by atoms with Gasteiger partial charge < -0.3 is 5.11 Å². The summed E-state index contributed by atoms with van der Waals surface area (Å²) in [7, 11) is 0. The highest BCUT2D eigenvalue weighted by Gasteiger charge is 1.95. The van der Waals surface area contributed by atoms with Gasteiger partial charge >= 0.3 is 5.97 Å². The molecule has 3 heteroatoms. The van der Waals surface area contributed by atoms with Gasteiger partial charge in [-0.3, -0.25) is 4.79 Å². The molecule has 0 heterocycles. The molecule has 1 N–H and O–H groups in total. The van der Waals surface area contributed by atoms with Crippen molar-refractivity contribution >= 4 is 28.0 Å². The van der Waals surface area contributed by atoms with E-state index in [1.807, 2.05) is 31.2 Å². The number of aryl methyl sites for hydroxylation is 1. The predicted octanol–water partition coefficient (Wildman–Crippen LogP) is 3.25. The van der Waals surface area contributed by atoms with Crippen LogP contribution in [0.3, 0.4) is 0 Å². The second-order valence-corrected chi connectivity index (χ2v) is 3.92. The van der Waals surface area contributed by atoms with Crippen LogP contribution in [0.5, 0.6) is 0 Å². The number of hydrogen-bond donors (Lipinski definition) is 1. The SMILES string of the molecule is Cc1cc(Br)ccc1C=CCC(=O)O. The number of aliphatic carboxylic acids is 1. The molecule has 0 radical (unpaired) electrons. The maximum Gasteiger partial charge on any atom is 0.307 e. The standard InChI is InChI=1S/C11H11BrO2/c1-8-7-10(12)6-5-9(8)3-2-4-11(13)14/h2-3,5-7H,4H2,1H3,(H,13,14). The molecule has 0 atom stereocenters. The van der Waals surface area contributed by atoms with E-state index in [2.05, 4.69) is 15.9 Å². The van der Waals surface area contributed by atoms with Gasteiger partial charge in [-0.15, -0.1) is 0 Å². The van der Waals surface area contributed by atoms with E-state index in [-0.39, 0.29) is 6.42 Å². The number of carbonyl (C=O) groups is 1. The molecular weight excluding hydrogens is 244 g/mol. The predicted molar refractivity (Wildman–Crippen MR) is 60.2 cm³/mol. The molecule has 0 aliphatic heterocycles. The van der Waals surface area contributed by atoms with Crippen LogP contribution in [0.2, 0.25) is 0 Å². The summed E-state index contributed by atoms with van der Waals surface area (Å²) in [5.74, 6) is -0.809. The lowest BCUT2D eigenvalue weighted by molar-refractivity contribution is -0.135. The lowest BCUT2D eigenvalue weighted by Crippen LogP contribution is -1.89. The Hall–Kier alpha value is -1.09. The van der Waals surface area contributed by atoms with Crippen LogP contribution in [0.15, 0.2) is 28.7 Å². The molecule has 0 aliphatic carbocycles. The van der Waals surface area contributed by atoms with E-state index in [9.17, 15) is 4.79 Å². The third kappa shape index (κ3) is 3.34. The summed E-state index contributed by atoms with van der Waals surface area (Å²) in [6.45, 7) is 1.99. The first-order valence-corrected chi connectivity index (χ1v) is 5.03. The van der Waals surface area contributed by atoms with E-state index in [4.69, 9.17) is 5.11 Å². The fourth-order valence-electron chi connectivity index (χ4n) is 1.11. The summed E-state index contributed by atoms with van der Waals surface area (Å²) in [6.07, 6.45) is 3.55. The number of hydrogen-bond acceptors (Lipinski definition) is 1. The van der Waals surface area contributed by atoms with Gasteiger partial charge in [0.2, 0.25) is 0 Å². The summed E-state index contributed by atoms with van der Waals surface area (Å²) < 4.78 is 1.03. The lowest BCUT2D eigenvalue weighted by atomic mass is 10.1. The second kappa shape index (κ2) is 4.96. The molecule has 0 unspecified atom stereocenters. The van der Waals surface area contributed by atoms with Crippen LogP contribution in [0.25, 0.3) is 6.08 Å². The van der Waals surface area contributed by atoms with Crippen molar-refractivity contribution in [1.82, 2.24) is 0 Å². The van der Waals surface area contributed by atoms with Crippen molar-refractivity contribution in [3.05, 3.63) is 39.9 Å². The average Bonchev–Trinajstić information content (AvgIpc) is 2.08. The zero-order valence-corrected chi connectivity index (χ0v) is 9.41. The second-order valence-electron chi connectivity index (χ2n) is 3.00. The normalized spacial score (nSPS) is 10.7. The summed E-state index contributed by atoms with van der Waals surface area (Å²) in [5.41, 5.74) is 2.18. The number of carboxylic acid groups (broad SMARTS) is 1. The minimum absolute atomic E-state index is 0.0650. The van der Waals surface area contributed by atoms with E-state index in [1.54, 1.807) is 6.08 Å². The van der Waals surface area contributed by atoms with E-state index < -0.39 is 5.97 Å². The van der Waals surface area contributed by atoms with Gasteiger partial charge in [-0.1, -0.05) is 34.1 Å². The third-order valence-corrected chi connectivity index (χ3v) is 2.31. The van der Waals surface area contributed by atoms with Gasteiger partial charge in [0.15, 0.2) is 0 Å². The molecule has 2 nitrogen and oxygen atoms in total. The van der Waals surface area contributed by atoms with E-state index in [0.29, 0.717) is 0 Å². The number of rotatable bonds is 3. The van der Waals surface area contributed by atoms with Crippen LogP contribution < -0.4 is 0 Å². The van der Waals surface area contributed by atoms with Crippen LogP contribution >= 0.6 is 15.9 Å². The van der Waals surface area contributed by atoms with Crippen molar-refractivity contribution in [1.29, 1.82) is 0 Å². The summed E-state index contributed by atoms with van der Waals surface area (Å²) in [6, 6.07) is 5.89. The maximum absolute atomic E-state index is 10.3. The minimum Gasteiger partial charge on any atom is -0.481 e. The highest BCUT2D eigenvalue weighted by molar-refractivity contribution is 9.10. The molecule has 1 aromatic carbocycles. The highest BCUT2D eigenvalue weighted by atomic mass is 79.9. The Morgan fingerprint density at radius 2 is 2.29 bits per heavy atom. The zero-order valence-electron chi connectivity index (χ0n) is 7.83.